The first-order chi connectivity index (χ1) is 9.06. The molecule has 0 bridgehead atoms. The molecule has 1 aromatic carbocycles. The highest BCUT2D eigenvalue weighted by Crippen LogP contribution is 2.21. The molecule has 0 amide bonds. The van der Waals surface area contributed by atoms with Gasteiger partial charge in [0.05, 0.1) is 7.11 Å². The summed E-state index contributed by atoms with van der Waals surface area (Å²) in [5, 5.41) is 3.18. The van der Waals surface area contributed by atoms with Crippen LogP contribution in [0.25, 0.3) is 0 Å². The lowest BCUT2D eigenvalue weighted by Gasteiger charge is -2.21. The summed E-state index contributed by atoms with van der Waals surface area (Å²) in [5.41, 5.74) is 2.54. The summed E-state index contributed by atoms with van der Waals surface area (Å²) < 4.78 is 5.45. The zero-order chi connectivity index (χ0) is 14.3. The van der Waals surface area contributed by atoms with Crippen LogP contribution in [0.3, 0.4) is 0 Å². The molecule has 0 radical (unpaired) electrons. The lowest BCUT2D eigenvalue weighted by atomic mass is 10.1. The third-order valence-corrected chi connectivity index (χ3v) is 3.09. The van der Waals surface area contributed by atoms with Crippen LogP contribution in [0.5, 0.6) is 5.75 Å². The Morgan fingerprint density at radius 3 is 2.47 bits per heavy atom. The molecule has 108 valence electrons. The van der Waals surface area contributed by atoms with E-state index in [1.54, 1.807) is 7.11 Å². The van der Waals surface area contributed by atoms with E-state index >= 15 is 0 Å². The van der Waals surface area contributed by atoms with Crippen molar-refractivity contribution >= 4 is 0 Å². The van der Waals surface area contributed by atoms with Gasteiger partial charge in [0, 0.05) is 31.7 Å². The maximum atomic E-state index is 5.45. The van der Waals surface area contributed by atoms with Gasteiger partial charge in [0.25, 0.3) is 0 Å². The van der Waals surface area contributed by atoms with Crippen LogP contribution in [0.4, 0.5) is 0 Å². The van der Waals surface area contributed by atoms with Gasteiger partial charge in [0.15, 0.2) is 0 Å². The molecule has 0 spiro atoms. The highest BCUT2D eigenvalue weighted by Gasteiger charge is 2.08. The van der Waals surface area contributed by atoms with Crippen molar-refractivity contribution in [1.29, 1.82) is 0 Å². The van der Waals surface area contributed by atoms with Crippen LogP contribution in [-0.4, -0.2) is 58.2 Å². The van der Waals surface area contributed by atoms with E-state index in [0.29, 0.717) is 0 Å². The minimum absolute atomic E-state index is 0.887. The third kappa shape index (κ3) is 5.59. The van der Waals surface area contributed by atoms with Crippen LogP contribution in [0.15, 0.2) is 18.2 Å². The molecule has 0 heterocycles. The lowest BCUT2D eigenvalue weighted by Crippen LogP contribution is -2.28. The Morgan fingerprint density at radius 2 is 1.89 bits per heavy atom. The summed E-state index contributed by atoms with van der Waals surface area (Å²) in [4.78, 5) is 4.52. The Morgan fingerprint density at radius 1 is 1.16 bits per heavy atom. The summed E-state index contributed by atoms with van der Waals surface area (Å²) in [6, 6.07) is 6.39. The molecule has 0 aliphatic rings. The minimum Gasteiger partial charge on any atom is -0.496 e. The fraction of sp³-hybridized carbons (Fsp3) is 0.600. The molecule has 1 N–H and O–H groups in total. The number of nitrogens with zero attached hydrogens (tertiary/aromatic N) is 2. The first kappa shape index (κ1) is 16.0. The zero-order valence-corrected chi connectivity index (χ0v) is 12.9. The first-order valence-corrected chi connectivity index (χ1v) is 6.70. The van der Waals surface area contributed by atoms with Crippen LogP contribution >= 0.6 is 0 Å². The van der Waals surface area contributed by atoms with Crippen LogP contribution in [0, 0.1) is 0 Å². The molecule has 0 aliphatic carbocycles. The monoisotopic (exact) mass is 265 g/mol. The minimum atomic E-state index is 0.887. The summed E-state index contributed by atoms with van der Waals surface area (Å²) in [5.74, 6) is 0.969. The van der Waals surface area contributed by atoms with Crippen molar-refractivity contribution in [3.63, 3.8) is 0 Å². The molecule has 0 saturated carbocycles. The number of hydrogen-bond donors (Lipinski definition) is 1. The van der Waals surface area contributed by atoms with Crippen LogP contribution in [-0.2, 0) is 13.1 Å². The Balaban J connectivity index is 2.70. The second-order valence-corrected chi connectivity index (χ2v) is 5.22. The molecule has 1 rings (SSSR count). The van der Waals surface area contributed by atoms with E-state index in [4.69, 9.17) is 4.74 Å². The molecule has 0 saturated heterocycles. The largest absolute Gasteiger partial charge is 0.496 e. The number of hydrogen-bond acceptors (Lipinski definition) is 4. The van der Waals surface area contributed by atoms with Gasteiger partial charge < -0.3 is 19.9 Å². The standard InChI is InChI=1S/C15H27N3O/c1-16-11-13-6-7-15(19-5)14(10-13)12-18(4)9-8-17(2)3/h6-7,10,16H,8-9,11-12H2,1-5H3. The van der Waals surface area contributed by atoms with Gasteiger partial charge in [-0.15, -0.1) is 0 Å². The van der Waals surface area contributed by atoms with E-state index in [0.717, 1.165) is 31.9 Å². The summed E-state index contributed by atoms with van der Waals surface area (Å²) in [7, 11) is 10.0. The van der Waals surface area contributed by atoms with E-state index in [2.05, 4.69) is 54.5 Å². The molecule has 0 atom stereocenters. The highest BCUT2D eigenvalue weighted by molar-refractivity contribution is 5.37. The average molecular weight is 265 g/mol. The van der Waals surface area contributed by atoms with Gasteiger partial charge >= 0.3 is 0 Å². The van der Waals surface area contributed by atoms with E-state index < -0.39 is 0 Å². The van der Waals surface area contributed by atoms with Gasteiger partial charge in [-0.3, -0.25) is 0 Å². The molecular weight excluding hydrogens is 238 g/mol. The molecule has 1 aromatic rings. The maximum Gasteiger partial charge on any atom is 0.123 e. The molecule has 0 aliphatic heterocycles. The molecule has 4 heteroatoms. The van der Waals surface area contributed by atoms with Crippen molar-refractivity contribution in [2.45, 2.75) is 13.1 Å². The normalized spacial score (nSPS) is 11.3. The van der Waals surface area contributed by atoms with Crippen molar-refractivity contribution in [2.24, 2.45) is 0 Å². The molecule has 4 nitrogen and oxygen atoms in total. The highest BCUT2D eigenvalue weighted by atomic mass is 16.5. The summed E-state index contributed by atoms with van der Waals surface area (Å²) in [6.07, 6.45) is 0. The Hall–Kier alpha value is -1.10. The van der Waals surface area contributed by atoms with Crippen LogP contribution in [0.2, 0.25) is 0 Å². The number of rotatable bonds is 8. The summed E-state index contributed by atoms with van der Waals surface area (Å²) in [6.45, 7) is 3.91. The van der Waals surface area contributed by atoms with Gasteiger partial charge in [-0.1, -0.05) is 6.07 Å². The number of methoxy groups -OCH3 is 1. The van der Waals surface area contributed by atoms with Gasteiger partial charge in [-0.25, -0.2) is 0 Å². The predicted octanol–water partition coefficient (Wildman–Crippen LogP) is 1.41. The van der Waals surface area contributed by atoms with Crippen molar-refractivity contribution in [2.75, 3.05) is 48.4 Å². The van der Waals surface area contributed by atoms with Gasteiger partial charge in [0.2, 0.25) is 0 Å². The Labute approximate surface area is 117 Å². The molecule has 0 fully saturated rings. The molecule has 19 heavy (non-hydrogen) atoms. The van der Waals surface area contributed by atoms with Crippen molar-refractivity contribution in [3.05, 3.63) is 29.3 Å². The topological polar surface area (TPSA) is 27.7 Å². The Bertz CT molecular complexity index is 380. The Kier molecular flexibility index (Phi) is 6.84. The first-order valence-electron chi connectivity index (χ1n) is 6.70. The average Bonchev–Trinajstić information content (AvgIpc) is 2.37. The SMILES string of the molecule is CNCc1ccc(OC)c(CN(C)CCN(C)C)c1. The fourth-order valence-electron chi connectivity index (χ4n) is 2.01. The maximum absolute atomic E-state index is 5.45. The number of likely N-dealkylation sites (N-methyl/N-ethyl adjacent to an activating group) is 2. The van der Waals surface area contributed by atoms with E-state index in [-0.39, 0.29) is 0 Å². The van der Waals surface area contributed by atoms with Crippen molar-refractivity contribution in [1.82, 2.24) is 15.1 Å². The van der Waals surface area contributed by atoms with Gasteiger partial charge in [0.1, 0.15) is 5.75 Å². The van der Waals surface area contributed by atoms with E-state index in [1.807, 2.05) is 7.05 Å². The zero-order valence-electron chi connectivity index (χ0n) is 12.9. The summed E-state index contributed by atoms with van der Waals surface area (Å²) >= 11 is 0. The second-order valence-electron chi connectivity index (χ2n) is 5.22. The van der Waals surface area contributed by atoms with Crippen molar-refractivity contribution in [3.8, 4) is 5.75 Å². The quantitative estimate of drug-likeness (QED) is 0.769. The number of nitrogens with one attached hydrogen (secondary N) is 1. The van der Waals surface area contributed by atoms with Crippen LogP contribution < -0.4 is 10.1 Å². The van der Waals surface area contributed by atoms with Crippen molar-refractivity contribution < 1.29 is 4.74 Å². The molecule has 0 aromatic heterocycles. The van der Waals surface area contributed by atoms with Gasteiger partial charge in [-0.2, -0.15) is 0 Å². The lowest BCUT2D eigenvalue weighted by molar-refractivity contribution is 0.272. The van der Waals surface area contributed by atoms with E-state index in [1.165, 1.54) is 11.1 Å². The number of ether oxygens (including phenoxy) is 1. The molecule has 0 unspecified atom stereocenters. The second kappa shape index (κ2) is 8.15. The van der Waals surface area contributed by atoms with Gasteiger partial charge in [-0.05, 0) is 45.9 Å². The smallest absolute Gasteiger partial charge is 0.123 e. The van der Waals surface area contributed by atoms with Crippen LogP contribution in [0.1, 0.15) is 11.1 Å². The molecular formula is C15H27N3O. The number of benzene rings is 1. The van der Waals surface area contributed by atoms with E-state index in [9.17, 15) is 0 Å². The third-order valence-electron chi connectivity index (χ3n) is 3.09. The fourth-order valence-corrected chi connectivity index (χ4v) is 2.01. The predicted molar refractivity (Wildman–Crippen MR) is 80.6 cm³/mol.